The summed E-state index contributed by atoms with van der Waals surface area (Å²) in [5.74, 6) is 0.846. The van der Waals surface area contributed by atoms with Crippen LogP contribution in [0.4, 0.5) is 5.69 Å². The maximum atomic E-state index is 10.4. The molecular weight excluding hydrogens is 450 g/mol. The lowest BCUT2D eigenvalue weighted by Crippen LogP contribution is -1.96. The normalized spacial score (nSPS) is 12.5. The zero-order valence-electron chi connectivity index (χ0n) is 14.4. The lowest BCUT2D eigenvalue weighted by molar-refractivity contribution is 0.317. The van der Waals surface area contributed by atoms with Gasteiger partial charge in [0.25, 0.3) is 0 Å². The van der Waals surface area contributed by atoms with Gasteiger partial charge in [0.1, 0.15) is 11.4 Å². The van der Waals surface area contributed by atoms with Gasteiger partial charge in [0.2, 0.25) is 0 Å². The van der Waals surface area contributed by atoms with Gasteiger partial charge >= 0.3 is 0 Å². The number of phenols is 2. The summed E-state index contributed by atoms with van der Waals surface area (Å²) in [5, 5.41) is 20.5. The fourth-order valence-electron chi connectivity index (χ4n) is 2.32. The standard InChI is InChI=1S/C19H21Br2NO3/c1-4-11(3)12-6-7-16(23)15(8-12)22-10-13-18(21)14(20)9-17(19(13)24)25-5-2/h6-11,23-24H,4-5H2,1-3H3/t11-/m1/s1. The molecule has 0 fully saturated rings. The van der Waals surface area contributed by atoms with E-state index in [-0.39, 0.29) is 11.5 Å². The van der Waals surface area contributed by atoms with Crippen molar-refractivity contribution < 1.29 is 14.9 Å². The van der Waals surface area contributed by atoms with Crippen molar-refractivity contribution in [3.63, 3.8) is 0 Å². The maximum absolute atomic E-state index is 10.4. The van der Waals surface area contributed by atoms with Crippen molar-refractivity contribution in [1.29, 1.82) is 0 Å². The molecule has 2 aromatic rings. The van der Waals surface area contributed by atoms with Crippen LogP contribution < -0.4 is 4.74 Å². The number of nitrogens with zero attached hydrogens (tertiary/aromatic N) is 1. The molecule has 0 aromatic heterocycles. The SMILES string of the molecule is CCOc1cc(Br)c(Br)c(C=Nc2cc([C@H](C)CC)ccc2O)c1O. The first-order chi connectivity index (χ1) is 11.9. The average Bonchev–Trinajstić information content (AvgIpc) is 2.60. The highest BCUT2D eigenvalue weighted by atomic mass is 79.9. The molecule has 0 unspecified atom stereocenters. The summed E-state index contributed by atoms with van der Waals surface area (Å²) >= 11 is 6.87. The summed E-state index contributed by atoms with van der Waals surface area (Å²) < 4.78 is 6.85. The Morgan fingerprint density at radius 3 is 2.56 bits per heavy atom. The van der Waals surface area contributed by atoms with Gasteiger partial charge in [-0.2, -0.15) is 0 Å². The Morgan fingerprint density at radius 2 is 1.92 bits per heavy atom. The van der Waals surface area contributed by atoms with Crippen LogP contribution in [0.15, 0.2) is 38.2 Å². The van der Waals surface area contributed by atoms with E-state index in [9.17, 15) is 10.2 Å². The van der Waals surface area contributed by atoms with Gasteiger partial charge in [-0.3, -0.25) is 4.99 Å². The molecule has 2 rings (SSSR count). The Hall–Kier alpha value is -1.53. The smallest absolute Gasteiger partial charge is 0.167 e. The van der Waals surface area contributed by atoms with E-state index < -0.39 is 0 Å². The largest absolute Gasteiger partial charge is 0.506 e. The van der Waals surface area contributed by atoms with Gasteiger partial charge in [0.05, 0.1) is 12.2 Å². The van der Waals surface area contributed by atoms with Gasteiger partial charge in [-0.05, 0) is 74.9 Å². The van der Waals surface area contributed by atoms with E-state index in [2.05, 4.69) is 50.7 Å². The van der Waals surface area contributed by atoms with Crippen LogP contribution in [0, 0.1) is 0 Å². The Kier molecular flexibility index (Phi) is 6.90. The van der Waals surface area contributed by atoms with Crippen LogP contribution in [0.2, 0.25) is 0 Å². The van der Waals surface area contributed by atoms with Crippen LogP contribution in [0.25, 0.3) is 0 Å². The zero-order chi connectivity index (χ0) is 18.6. The first-order valence-electron chi connectivity index (χ1n) is 8.09. The van der Waals surface area contributed by atoms with Crippen LogP contribution in [-0.4, -0.2) is 23.0 Å². The van der Waals surface area contributed by atoms with E-state index in [0.29, 0.717) is 34.0 Å². The summed E-state index contributed by atoms with van der Waals surface area (Å²) in [4.78, 5) is 4.38. The maximum Gasteiger partial charge on any atom is 0.167 e. The number of rotatable bonds is 6. The molecule has 0 saturated heterocycles. The van der Waals surface area contributed by atoms with Gasteiger partial charge in [-0.25, -0.2) is 0 Å². The number of halogens is 2. The number of aliphatic imine (C=N–C) groups is 1. The monoisotopic (exact) mass is 469 g/mol. The van der Waals surface area contributed by atoms with Gasteiger partial charge < -0.3 is 14.9 Å². The predicted octanol–water partition coefficient (Wildman–Crippen LogP) is 6.29. The van der Waals surface area contributed by atoms with Crippen LogP contribution in [0.3, 0.4) is 0 Å². The molecule has 0 aliphatic heterocycles. The second kappa shape index (κ2) is 8.72. The Bertz CT molecular complexity index is 791. The predicted molar refractivity (Wildman–Crippen MR) is 109 cm³/mol. The Morgan fingerprint density at radius 1 is 1.20 bits per heavy atom. The summed E-state index contributed by atoms with van der Waals surface area (Å²) in [6, 6.07) is 7.12. The van der Waals surface area contributed by atoms with E-state index in [0.717, 1.165) is 16.5 Å². The molecule has 0 aliphatic carbocycles. The quantitative estimate of drug-likeness (QED) is 0.488. The number of hydrogen-bond acceptors (Lipinski definition) is 4. The molecule has 1 atom stereocenters. The number of hydrogen-bond donors (Lipinski definition) is 2. The first-order valence-corrected chi connectivity index (χ1v) is 9.68. The van der Waals surface area contributed by atoms with Gasteiger partial charge in [0, 0.05) is 15.2 Å². The van der Waals surface area contributed by atoms with Crippen LogP contribution >= 0.6 is 31.9 Å². The van der Waals surface area contributed by atoms with E-state index in [4.69, 9.17) is 4.74 Å². The number of benzene rings is 2. The molecule has 0 radical (unpaired) electrons. The van der Waals surface area contributed by atoms with E-state index in [1.807, 2.05) is 19.1 Å². The highest BCUT2D eigenvalue weighted by Gasteiger charge is 2.15. The minimum atomic E-state index is -0.00162. The molecule has 0 bridgehead atoms. The van der Waals surface area contributed by atoms with E-state index in [1.165, 1.54) is 6.21 Å². The third kappa shape index (κ3) is 4.55. The summed E-state index contributed by atoms with van der Waals surface area (Å²) in [6.07, 6.45) is 2.52. The van der Waals surface area contributed by atoms with Crippen molar-refractivity contribution in [2.75, 3.05) is 6.61 Å². The topological polar surface area (TPSA) is 62.0 Å². The third-order valence-corrected chi connectivity index (χ3v) is 6.02. The first kappa shape index (κ1) is 19.8. The number of phenolic OH excluding ortho intramolecular Hbond substituents is 2. The number of aromatic hydroxyl groups is 2. The molecule has 0 amide bonds. The minimum Gasteiger partial charge on any atom is -0.506 e. The van der Waals surface area contributed by atoms with Crippen molar-refractivity contribution in [3.8, 4) is 17.2 Å². The van der Waals surface area contributed by atoms with Gasteiger partial charge in [0.15, 0.2) is 11.5 Å². The molecule has 6 heteroatoms. The van der Waals surface area contributed by atoms with Crippen LogP contribution in [0.1, 0.15) is 44.2 Å². The van der Waals surface area contributed by atoms with Crippen molar-refractivity contribution >= 4 is 43.8 Å². The summed E-state index contributed by atoms with van der Waals surface area (Å²) in [7, 11) is 0. The second-order valence-electron chi connectivity index (χ2n) is 5.68. The van der Waals surface area contributed by atoms with Gasteiger partial charge in [-0.15, -0.1) is 0 Å². The van der Waals surface area contributed by atoms with Crippen molar-refractivity contribution in [2.45, 2.75) is 33.1 Å². The molecule has 0 saturated carbocycles. The molecule has 0 heterocycles. The molecule has 134 valence electrons. The molecule has 25 heavy (non-hydrogen) atoms. The highest BCUT2D eigenvalue weighted by Crippen LogP contribution is 2.40. The molecule has 4 nitrogen and oxygen atoms in total. The minimum absolute atomic E-state index is 0.00162. The molecule has 2 aromatic carbocycles. The Labute approximate surface area is 164 Å². The molecule has 0 aliphatic rings. The molecule has 2 N–H and O–H groups in total. The van der Waals surface area contributed by atoms with Crippen molar-refractivity contribution in [3.05, 3.63) is 44.3 Å². The van der Waals surface area contributed by atoms with Crippen LogP contribution in [-0.2, 0) is 0 Å². The van der Waals surface area contributed by atoms with E-state index in [1.54, 1.807) is 12.1 Å². The average molecular weight is 471 g/mol. The number of ether oxygens (including phenoxy) is 1. The summed E-state index contributed by atoms with van der Waals surface area (Å²) in [5.41, 5.74) is 2.05. The highest BCUT2D eigenvalue weighted by molar-refractivity contribution is 9.13. The van der Waals surface area contributed by atoms with Crippen molar-refractivity contribution in [1.82, 2.24) is 0 Å². The van der Waals surface area contributed by atoms with Crippen molar-refractivity contribution in [2.24, 2.45) is 4.99 Å². The lowest BCUT2D eigenvalue weighted by atomic mass is 9.98. The van der Waals surface area contributed by atoms with Gasteiger partial charge in [-0.1, -0.05) is 19.9 Å². The summed E-state index contributed by atoms with van der Waals surface area (Å²) in [6.45, 7) is 6.54. The Balaban J connectivity index is 2.46. The second-order valence-corrected chi connectivity index (χ2v) is 7.33. The molecular formula is C19H21Br2NO3. The fraction of sp³-hybridized carbons (Fsp3) is 0.316. The fourth-order valence-corrected chi connectivity index (χ4v) is 3.14. The zero-order valence-corrected chi connectivity index (χ0v) is 17.6. The van der Waals surface area contributed by atoms with E-state index >= 15 is 0 Å². The molecule has 0 spiro atoms. The van der Waals surface area contributed by atoms with Crippen LogP contribution in [0.5, 0.6) is 17.2 Å². The lowest BCUT2D eigenvalue weighted by Gasteiger charge is -2.12. The third-order valence-electron chi connectivity index (χ3n) is 4.01.